The summed E-state index contributed by atoms with van der Waals surface area (Å²) < 4.78 is 5.46. The summed E-state index contributed by atoms with van der Waals surface area (Å²) >= 11 is 0. The van der Waals surface area contributed by atoms with Crippen LogP contribution in [0.4, 0.5) is 0 Å². The first-order chi connectivity index (χ1) is 9.60. The molecule has 1 atom stereocenters. The van der Waals surface area contributed by atoms with Gasteiger partial charge in [0.15, 0.2) is 6.61 Å². The standard InChI is InChI=1S/C16H26N2O2/c1-4-14(5-2)12(3)18-16(19)11-20-15-8-6-13(10-17)7-9-15/h6-9,12,14H,4-5,10-11,17H2,1-3H3,(H,18,19). The monoisotopic (exact) mass is 278 g/mol. The highest BCUT2D eigenvalue weighted by Gasteiger charge is 2.15. The minimum absolute atomic E-state index is 0.0481. The molecule has 0 saturated heterocycles. The van der Waals surface area contributed by atoms with Crippen LogP contribution in [0.3, 0.4) is 0 Å². The van der Waals surface area contributed by atoms with Gasteiger partial charge in [-0.15, -0.1) is 0 Å². The van der Waals surface area contributed by atoms with Gasteiger partial charge in [-0.3, -0.25) is 4.79 Å². The molecule has 0 fully saturated rings. The largest absolute Gasteiger partial charge is 0.484 e. The lowest BCUT2D eigenvalue weighted by molar-refractivity contribution is -0.124. The first-order valence-corrected chi connectivity index (χ1v) is 7.31. The number of nitrogens with two attached hydrogens (primary N) is 1. The third kappa shape index (κ3) is 5.21. The molecule has 112 valence electrons. The van der Waals surface area contributed by atoms with Crippen molar-refractivity contribution in [2.45, 2.75) is 46.2 Å². The van der Waals surface area contributed by atoms with Gasteiger partial charge >= 0.3 is 0 Å². The third-order valence-electron chi connectivity index (χ3n) is 3.67. The Morgan fingerprint density at radius 1 is 1.25 bits per heavy atom. The fourth-order valence-corrected chi connectivity index (χ4v) is 2.28. The van der Waals surface area contributed by atoms with E-state index in [2.05, 4.69) is 19.2 Å². The summed E-state index contributed by atoms with van der Waals surface area (Å²) in [7, 11) is 0. The van der Waals surface area contributed by atoms with Gasteiger partial charge in [0, 0.05) is 12.6 Å². The number of hydrogen-bond acceptors (Lipinski definition) is 3. The Morgan fingerprint density at radius 2 is 1.85 bits per heavy atom. The Hall–Kier alpha value is -1.55. The maximum absolute atomic E-state index is 11.8. The topological polar surface area (TPSA) is 64.3 Å². The zero-order valence-corrected chi connectivity index (χ0v) is 12.7. The summed E-state index contributed by atoms with van der Waals surface area (Å²) in [6, 6.07) is 7.65. The Balaban J connectivity index is 2.38. The van der Waals surface area contributed by atoms with Gasteiger partial charge in [0.2, 0.25) is 0 Å². The minimum atomic E-state index is -0.0766. The molecule has 0 aromatic heterocycles. The van der Waals surface area contributed by atoms with Crippen LogP contribution < -0.4 is 15.8 Å². The Morgan fingerprint density at radius 3 is 2.35 bits per heavy atom. The molecule has 0 radical (unpaired) electrons. The first kappa shape index (κ1) is 16.5. The molecule has 4 heteroatoms. The second kappa shape index (κ2) is 8.59. The van der Waals surface area contributed by atoms with Crippen LogP contribution in [-0.2, 0) is 11.3 Å². The average molecular weight is 278 g/mol. The number of benzene rings is 1. The predicted molar refractivity (Wildman–Crippen MR) is 81.5 cm³/mol. The van der Waals surface area contributed by atoms with Crippen molar-refractivity contribution in [2.24, 2.45) is 11.7 Å². The lowest BCUT2D eigenvalue weighted by Crippen LogP contribution is -2.40. The van der Waals surface area contributed by atoms with Crippen LogP contribution >= 0.6 is 0 Å². The summed E-state index contributed by atoms with van der Waals surface area (Å²) in [5.41, 5.74) is 6.57. The molecule has 3 N–H and O–H groups in total. The van der Waals surface area contributed by atoms with Crippen LogP contribution in [0.25, 0.3) is 0 Å². The number of rotatable bonds is 8. The van der Waals surface area contributed by atoms with E-state index >= 15 is 0 Å². The molecule has 0 aliphatic heterocycles. The Labute approximate surface area is 121 Å². The van der Waals surface area contributed by atoms with Crippen LogP contribution in [0, 0.1) is 5.92 Å². The zero-order chi connectivity index (χ0) is 15.0. The summed E-state index contributed by atoms with van der Waals surface area (Å²) in [5.74, 6) is 1.13. The van der Waals surface area contributed by atoms with Gasteiger partial charge in [0.25, 0.3) is 5.91 Å². The molecule has 1 amide bonds. The number of carbonyl (C=O) groups is 1. The molecule has 0 saturated carbocycles. The fraction of sp³-hybridized carbons (Fsp3) is 0.562. The van der Waals surface area contributed by atoms with Gasteiger partial charge in [-0.05, 0) is 30.5 Å². The van der Waals surface area contributed by atoms with Crippen molar-refractivity contribution in [1.82, 2.24) is 5.32 Å². The molecule has 0 bridgehead atoms. The molecular weight excluding hydrogens is 252 g/mol. The molecule has 0 aliphatic rings. The van der Waals surface area contributed by atoms with Crippen molar-refractivity contribution in [3.05, 3.63) is 29.8 Å². The SMILES string of the molecule is CCC(CC)C(C)NC(=O)COc1ccc(CN)cc1. The van der Waals surface area contributed by atoms with Crippen molar-refractivity contribution < 1.29 is 9.53 Å². The van der Waals surface area contributed by atoms with Crippen molar-refractivity contribution >= 4 is 5.91 Å². The van der Waals surface area contributed by atoms with Gasteiger partial charge < -0.3 is 15.8 Å². The minimum Gasteiger partial charge on any atom is -0.484 e. The summed E-state index contributed by atoms with van der Waals surface area (Å²) in [6.07, 6.45) is 2.14. The van der Waals surface area contributed by atoms with Gasteiger partial charge in [-0.2, -0.15) is 0 Å². The van der Waals surface area contributed by atoms with Gasteiger partial charge in [-0.1, -0.05) is 38.8 Å². The zero-order valence-electron chi connectivity index (χ0n) is 12.7. The van der Waals surface area contributed by atoms with E-state index in [9.17, 15) is 4.79 Å². The Kier molecular flexibility index (Phi) is 7.09. The summed E-state index contributed by atoms with van der Waals surface area (Å²) in [5, 5.41) is 2.99. The van der Waals surface area contributed by atoms with Crippen LogP contribution in [-0.4, -0.2) is 18.6 Å². The lowest BCUT2D eigenvalue weighted by atomic mass is 9.95. The Bertz CT molecular complexity index is 399. The van der Waals surface area contributed by atoms with Crippen LogP contribution in [0.1, 0.15) is 39.2 Å². The van der Waals surface area contributed by atoms with Crippen molar-refractivity contribution in [3.8, 4) is 5.75 Å². The van der Waals surface area contributed by atoms with E-state index in [0.717, 1.165) is 18.4 Å². The van der Waals surface area contributed by atoms with Gasteiger partial charge in [0.05, 0.1) is 0 Å². The van der Waals surface area contributed by atoms with E-state index in [-0.39, 0.29) is 18.6 Å². The van der Waals surface area contributed by atoms with Crippen LogP contribution in [0.15, 0.2) is 24.3 Å². The fourth-order valence-electron chi connectivity index (χ4n) is 2.28. The second-order valence-electron chi connectivity index (χ2n) is 5.07. The third-order valence-corrected chi connectivity index (χ3v) is 3.67. The van der Waals surface area contributed by atoms with Gasteiger partial charge in [-0.25, -0.2) is 0 Å². The van der Waals surface area contributed by atoms with Crippen LogP contribution in [0.5, 0.6) is 5.75 Å². The molecule has 0 heterocycles. The number of carbonyl (C=O) groups excluding carboxylic acids is 1. The maximum Gasteiger partial charge on any atom is 0.258 e. The smallest absolute Gasteiger partial charge is 0.258 e. The predicted octanol–water partition coefficient (Wildman–Crippen LogP) is 2.46. The molecule has 1 aromatic carbocycles. The quantitative estimate of drug-likeness (QED) is 0.767. The second-order valence-corrected chi connectivity index (χ2v) is 5.07. The van der Waals surface area contributed by atoms with E-state index in [1.54, 1.807) is 0 Å². The highest BCUT2D eigenvalue weighted by molar-refractivity contribution is 5.77. The molecule has 20 heavy (non-hydrogen) atoms. The van der Waals surface area contributed by atoms with E-state index in [4.69, 9.17) is 10.5 Å². The number of amides is 1. The number of nitrogens with one attached hydrogen (secondary N) is 1. The van der Waals surface area contributed by atoms with Crippen molar-refractivity contribution in [2.75, 3.05) is 6.61 Å². The molecule has 1 rings (SSSR count). The first-order valence-electron chi connectivity index (χ1n) is 7.31. The molecule has 1 unspecified atom stereocenters. The maximum atomic E-state index is 11.8. The summed E-state index contributed by atoms with van der Waals surface area (Å²) in [4.78, 5) is 11.8. The van der Waals surface area contributed by atoms with Crippen molar-refractivity contribution in [1.29, 1.82) is 0 Å². The van der Waals surface area contributed by atoms with Gasteiger partial charge in [0.1, 0.15) is 5.75 Å². The van der Waals surface area contributed by atoms with E-state index < -0.39 is 0 Å². The number of hydrogen-bond donors (Lipinski definition) is 2. The average Bonchev–Trinajstić information content (AvgIpc) is 2.47. The highest BCUT2D eigenvalue weighted by Crippen LogP contribution is 2.13. The van der Waals surface area contributed by atoms with Crippen molar-refractivity contribution in [3.63, 3.8) is 0 Å². The summed E-state index contributed by atoms with van der Waals surface area (Å²) in [6.45, 7) is 6.89. The molecule has 1 aromatic rings. The molecule has 4 nitrogen and oxygen atoms in total. The van der Waals surface area contributed by atoms with E-state index in [1.165, 1.54) is 0 Å². The molecule has 0 aliphatic carbocycles. The van der Waals surface area contributed by atoms with E-state index in [0.29, 0.717) is 18.2 Å². The number of ether oxygens (including phenoxy) is 1. The van der Waals surface area contributed by atoms with E-state index in [1.807, 2.05) is 31.2 Å². The highest BCUT2D eigenvalue weighted by atomic mass is 16.5. The van der Waals surface area contributed by atoms with Crippen LogP contribution in [0.2, 0.25) is 0 Å². The normalized spacial score (nSPS) is 12.2. The lowest BCUT2D eigenvalue weighted by Gasteiger charge is -2.22. The molecular formula is C16H26N2O2. The molecule has 0 spiro atoms.